The molecule has 1 amide bonds. The molecule has 0 aliphatic rings. The molecule has 148 valence electrons. The molecule has 0 bridgehead atoms. The van der Waals surface area contributed by atoms with Crippen molar-refractivity contribution in [1.29, 1.82) is 0 Å². The Morgan fingerprint density at radius 1 is 1.25 bits per heavy atom. The summed E-state index contributed by atoms with van der Waals surface area (Å²) in [6, 6.07) is 5.49. The van der Waals surface area contributed by atoms with Crippen LogP contribution in [0, 0.1) is 6.92 Å². The van der Waals surface area contributed by atoms with Crippen molar-refractivity contribution in [2.75, 3.05) is 5.32 Å². The number of anilines is 2. The molecule has 1 unspecified atom stereocenters. The van der Waals surface area contributed by atoms with Crippen LogP contribution in [0.25, 0.3) is 0 Å². The lowest BCUT2D eigenvalue weighted by Gasteiger charge is -2.19. The van der Waals surface area contributed by atoms with Crippen LogP contribution in [0.15, 0.2) is 42.2 Å². The van der Waals surface area contributed by atoms with E-state index in [1.807, 2.05) is 25.1 Å². The molecule has 9 heteroatoms. The van der Waals surface area contributed by atoms with Crippen LogP contribution in [0.4, 0.5) is 11.5 Å². The molecule has 0 aliphatic carbocycles. The van der Waals surface area contributed by atoms with Crippen molar-refractivity contribution in [3.05, 3.63) is 63.5 Å². The normalized spacial score (nSPS) is 11.4. The van der Waals surface area contributed by atoms with E-state index in [1.54, 1.807) is 24.0 Å². The predicted molar refractivity (Wildman–Crippen MR) is 116 cm³/mol. The van der Waals surface area contributed by atoms with Crippen molar-refractivity contribution < 1.29 is 4.79 Å². The first kappa shape index (κ1) is 22.1. The molecule has 28 heavy (non-hydrogen) atoms. The van der Waals surface area contributed by atoms with Gasteiger partial charge < -0.3 is 10.6 Å². The molecule has 0 spiro atoms. The van der Waals surface area contributed by atoms with Gasteiger partial charge >= 0.3 is 0 Å². The fraction of sp³-hybridized carbons (Fsp3) is 0.263. The van der Waals surface area contributed by atoms with Gasteiger partial charge in [-0.05, 0) is 37.1 Å². The van der Waals surface area contributed by atoms with Gasteiger partial charge in [-0.25, -0.2) is 9.97 Å². The summed E-state index contributed by atoms with van der Waals surface area (Å²) in [6.45, 7) is 4.00. The topological polar surface area (TPSA) is 79.8 Å². The Bertz CT molecular complexity index is 903. The van der Waals surface area contributed by atoms with E-state index in [0.717, 1.165) is 29.8 Å². The molecule has 3 aromatic heterocycles. The van der Waals surface area contributed by atoms with Gasteiger partial charge in [0, 0.05) is 23.5 Å². The molecule has 0 saturated heterocycles. The molecule has 0 aliphatic heterocycles. The van der Waals surface area contributed by atoms with Gasteiger partial charge in [-0.2, -0.15) is 0 Å². The third-order valence-electron chi connectivity index (χ3n) is 3.95. The van der Waals surface area contributed by atoms with Crippen LogP contribution < -0.4 is 10.6 Å². The zero-order valence-electron chi connectivity index (χ0n) is 15.5. The number of thiazole rings is 1. The molecule has 0 aromatic carbocycles. The molecular weight excluding hydrogens is 417 g/mol. The van der Waals surface area contributed by atoms with E-state index >= 15 is 0 Å². The monoisotopic (exact) mass is 437 g/mol. The Kier molecular flexibility index (Phi) is 8.17. The van der Waals surface area contributed by atoms with Gasteiger partial charge in [0.05, 0.1) is 22.9 Å². The molecule has 6 nitrogen and oxygen atoms in total. The van der Waals surface area contributed by atoms with Crippen LogP contribution in [-0.2, 0) is 0 Å². The van der Waals surface area contributed by atoms with E-state index in [0.29, 0.717) is 15.8 Å². The SMILES string of the molecule is CCCC(NC(=O)c1nccs1)c1cnc(Nc2ccc(C)nc2)c(Cl)c1.Cl. The van der Waals surface area contributed by atoms with Gasteiger partial charge in [0.2, 0.25) is 0 Å². The maximum Gasteiger partial charge on any atom is 0.280 e. The number of amides is 1. The summed E-state index contributed by atoms with van der Waals surface area (Å²) in [4.78, 5) is 25.1. The van der Waals surface area contributed by atoms with Gasteiger partial charge in [0.15, 0.2) is 5.01 Å². The standard InChI is InChI=1S/C19H20ClN5OS.ClH/c1-3-4-16(25-18(26)19-21-7-8-27-19)13-9-15(20)17(23-10-13)24-14-6-5-12(2)22-11-14;/h5-11,16H,3-4H2,1-2H3,(H,23,24)(H,25,26);1H. The number of hydrogen-bond acceptors (Lipinski definition) is 6. The Hall–Kier alpha value is -2.22. The number of nitrogens with zero attached hydrogens (tertiary/aromatic N) is 3. The summed E-state index contributed by atoms with van der Waals surface area (Å²) >= 11 is 7.74. The summed E-state index contributed by atoms with van der Waals surface area (Å²) < 4.78 is 0. The highest BCUT2D eigenvalue weighted by Gasteiger charge is 2.18. The lowest BCUT2D eigenvalue weighted by Crippen LogP contribution is -2.28. The van der Waals surface area contributed by atoms with Crippen LogP contribution in [0.5, 0.6) is 0 Å². The number of rotatable bonds is 7. The second-order valence-electron chi connectivity index (χ2n) is 6.06. The van der Waals surface area contributed by atoms with Gasteiger partial charge in [0.25, 0.3) is 5.91 Å². The van der Waals surface area contributed by atoms with Crippen LogP contribution in [0.2, 0.25) is 5.02 Å². The zero-order chi connectivity index (χ0) is 19.2. The molecular formula is C19H21Cl2N5OS. The third kappa shape index (κ3) is 5.64. The summed E-state index contributed by atoms with van der Waals surface area (Å²) in [6.07, 6.45) is 6.78. The summed E-state index contributed by atoms with van der Waals surface area (Å²) in [5.41, 5.74) is 2.61. The quantitative estimate of drug-likeness (QED) is 0.521. The number of nitrogens with one attached hydrogen (secondary N) is 2. The third-order valence-corrected chi connectivity index (χ3v) is 5.01. The van der Waals surface area contributed by atoms with Crippen LogP contribution in [-0.4, -0.2) is 20.9 Å². The molecule has 2 N–H and O–H groups in total. The Labute approximate surface area is 179 Å². The number of carbonyl (C=O) groups is 1. The van der Waals surface area contributed by atoms with Crippen LogP contribution in [0.3, 0.4) is 0 Å². The van der Waals surface area contributed by atoms with E-state index in [9.17, 15) is 4.79 Å². The molecule has 0 fully saturated rings. The number of aryl methyl sites for hydroxylation is 1. The van der Waals surface area contributed by atoms with Crippen LogP contribution in [0.1, 0.15) is 46.9 Å². The van der Waals surface area contributed by atoms with Crippen molar-refractivity contribution in [1.82, 2.24) is 20.3 Å². The highest BCUT2D eigenvalue weighted by Crippen LogP contribution is 2.28. The Morgan fingerprint density at radius 2 is 2.07 bits per heavy atom. The van der Waals surface area contributed by atoms with E-state index in [1.165, 1.54) is 11.3 Å². The summed E-state index contributed by atoms with van der Waals surface area (Å²) in [5, 5.41) is 8.89. The minimum absolute atomic E-state index is 0. The van der Waals surface area contributed by atoms with E-state index < -0.39 is 0 Å². The number of pyridine rings is 2. The molecule has 1 atom stereocenters. The fourth-order valence-corrected chi connectivity index (χ4v) is 3.34. The second kappa shape index (κ2) is 10.4. The maximum atomic E-state index is 12.3. The maximum absolute atomic E-state index is 12.3. The van der Waals surface area contributed by atoms with Crippen molar-refractivity contribution >= 4 is 52.8 Å². The van der Waals surface area contributed by atoms with Crippen molar-refractivity contribution in [2.24, 2.45) is 0 Å². The average molecular weight is 438 g/mol. The highest BCUT2D eigenvalue weighted by atomic mass is 35.5. The van der Waals surface area contributed by atoms with E-state index in [4.69, 9.17) is 11.6 Å². The Morgan fingerprint density at radius 3 is 2.68 bits per heavy atom. The van der Waals surface area contributed by atoms with Gasteiger partial charge in [-0.15, -0.1) is 23.7 Å². The molecule has 0 saturated carbocycles. The minimum Gasteiger partial charge on any atom is -0.343 e. The second-order valence-corrected chi connectivity index (χ2v) is 7.37. The van der Waals surface area contributed by atoms with Crippen LogP contribution >= 0.6 is 35.3 Å². The lowest BCUT2D eigenvalue weighted by molar-refractivity contribution is 0.0934. The van der Waals surface area contributed by atoms with Crippen molar-refractivity contribution in [2.45, 2.75) is 32.7 Å². The van der Waals surface area contributed by atoms with Crippen molar-refractivity contribution in [3.63, 3.8) is 0 Å². The highest BCUT2D eigenvalue weighted by molar-refractivity contribution is 7.11. The number of halogens is 2. The molecule has 3 aromatic rings. The predicted octanol–water partition coefficient (Wildman–Crippen LogP) is 5.33. The van der Waals surface area contributed by atoms with Gasteiger partial charge in [0.1, 0.15) is 5.82 Å². The lowest BCUT2D eigenvalue weighted by atomic mass is 10.0. The molecule has 3 heterocycles. The first-order valence-corrected chi connectivity index (χ1v) is 9.88. The van der Waals surface area contributed by atoms with Gasteiger partial charge in [-0.3, -0.25) is 9.78 Å². The van der Waals surface area contributed by atoms with Crippen molar-refractivity contribution in [3.8, 4) is 0 Å². The molecule has 0 radical (unpaired) electrons. The largest absolute Gasteiger partial charge is 0.343 e. The average Bonchev–Trinajstić information content (AvgIpc) is 3.20. The zero-order valence-corrected chi connectivity index (χ0v) is 17.9. The number of carbonyl (C=O) groups excluding carboxylic acids is 1. The van der Waals surface area contributed by atoms with Gasteiger partial charge in [-0.1, -0.05) is 24.9 Å². The first-order chi connectivity index (χ1) is 13.1. The minimum atomic E-state index is -0.187. The fourth-order valence-electron chi connectivity index (χ4n) is 2.58. The summed E-state index contributed by atoms with van der Waals surface area (Å²) in [5.74, 6) is 0.361. The van der Waals surface area contributed by atoms with E-state index in [-0.39, 0.29) is 24.4 Å². The molecule has 3 rings (SSSR count). The Balaban J connectivity index is 0.00000280. The summed E-state index contributed by atoms with van der Waals surface area (Å²) in [7, 11) is 0. The number of aromatic nitrogens is 3. The smallest absolute Gasteiger partial charge is 0.280 e. The first-order valence-electron chi connectivity index (χ1n) is 8.62. The number of hydrogen-bond donors (Lipinski definition) is 2. The van der Waals surface area contributed by atoms with E-state index in [2.05, 4.69) is 32.5 Å².